The molecule has 0 spiro atoms. The van der Waals surface area contributed by atoms with Crippen LogP contribution >= 0.6 is 0 Å². The number of nitrogens with one attached hydrogen (secondary N) is 1. The van der Waals surface area contributed by atoms with E-state index in [1.165, 1.54) is 0 Å². The van der Waals surface area contributed by atoms with Crippen molar-refractivity contribution in [2.75, 3.05) is 19.5 Å². The van der Waals surface area contributed by atoms with Gasteiger partial charge in [-0.3, -0.25) is 4.79 Å². The maximum absolute atomic E-state index is 12.1. The number of amides is 1. The summed E-state index contributed by atoms with van der Waals surface area (Å²) in [6, 6.07) is 5.38. The monoisotopic (exact) mass is 261 g/mol. The predicted octanol–water partition coefficient (Wildman–Crippen LogP) is 3.00. The van der Waals surface area contributed by atoms with Crippen LogP contribution in [-0.4, -0.2) is 20.1 Å². The van der Waals surface area contributed by atoms with Crippen molar-refractivity contribution < 1.29 is 14.3 Å². The van der Waals surface area contributed by atoms with E-state index in [1.54, 1.807) is 26.4 Å². The molecular formula is C15H19NO3. The van der Waals surface area contributed by atoms with E-state index >= 15 is 0 Å². The predicted molar refractivity (Wildman–Crippen MR) is 74.7 cm³/mol. The summed E-state index contributed by atoms with van der Waals surface area (Å²) in [7, 11) is 3.17. The Morgan fingerprint density at radius 2 is 2.00 bits per heavy atom. The Morgan fingerprint density at radius 3 is 2.63 bits per heavy atom. The third-order valence-corrected chi connectivity index (χ3v) is 3.29. The number of carbonyl (C=O) groups excluding carboxylic acids is 1. The van der Waals surface area contributed by atoms with E-state index in [1.807, 2.05) is 6.07 Å². The molecule has 0 aliphatic heterocycles. The van der Waals surface area contributed by atoms with Crippen LogP contribution in [0.25, 0.3) is 0 Å². The third-order valence-electron chi connectivity index (χ3n) is 3.29. The van der Waals surface area contributed by atoms with Crippen LogP contribution in [0.2, 0.25) is 0 Å². The number of anilines is 1. The molecule has 0 unspecified atom stereocenters. The molecule has 1 amide bonds. The van der Waals surface area contributed by atoms with Gasteiger partial charge in [0.25, 0.3) is 0 Å². The van der Waals surface area contributed by atoms with Gasteiger partial charge in [-0.2, -0.15) is 0 Å². The number of benzene rings is 1. The number of rotatable bonds is 4. The zero-order chi connectivity index (χ0) is 13.7. The molecule has 1 aliphatic rings. The smallest absolute Gasteiger partial charge is 0.227 e. The first-order chi connectivity index (χ1) is 9.24. The molecule has 1 aromatic carbocycles. The molecule has 19 heavy (non-hydrogen) atoms. The summed E-state index contributed by atoms with van der Waals surface area (Å²) in [5.41, 5.74) is 0.734. The zero-order valence-electron chi connectivity index (χ0n) is 11.3. The van der Waals surface area contributed by atoms with E-state index in [0.717, 1.165) is 24.9 Å². The Hall–Kier alpha value is -1.97. The van der Waals surface area contributed by atoms with Gasteiger partial charge in [-0.1, -0.05) is 12.2 Å². The minimum Gasteiger partial charge on any atom is -0.493 e. The van der Waals surface area contributed by atoms with Crippen molar-refractivity contribution >= 4 is 11.6 Å². The Labute approximate surface area is 113 Å². The highest BCUT2D eigenvalue weighted by atomic mass is 16.5. The molecule has 0 saturated heterocycles. The van der Waals surface area contributed by atoms with Crippen molar-refractivity contribution in [3.8, 4) is 11.5 Å². The minimum absolute atomic E-state index is 0.0663. The summed E-state index contributed by atoms with van der Waals surface area (Å²) in [5.74, 6) is 1.40. The highest BCUT2D eigenvalue weighted by Gasteiger charge is 2.19. The lowest BCUT2D eigenvalue weighted by Gasteiger charge is -2.17. The summed E-state index contributed by atoms with van der Waals surface area (Å²) in [6.07, 6.45) is 6.90. The van der Waals surface area contributed by atoms with Crippen LogP contribution in [-0.2, 0) is 4.79 Å². The first kappa shape index (κ1) is 13.5. The van der Waals surface area contributed by atoms with E-state index in [2.05, 4.69) is 17.5 Å². The normalized spacial score (nSPS) is 17.9. The van der Waals surface area contributed by atoms with Gasteiger partial charge in [-0.05, 0) is 31.4 Å². The van der Waals surface area contributed by atoms with Gasteiger partial charge >= 0.3 is 0 Å². The van der Waals surface area contributed by atoms with Crippen molar-refractivity contribution in [1.29, 1.82) is 0 Å². The van der Waals surface area contributed by atoms with E-state index < -0.39 is 0 Å². The number of allylic oxidation sites excluding steroid dienone is 2. The molecule has 0 bridgehead atoms. The largest absolute Gasteiger partial charge is 0.493 e. The lowest BCUT2D eigenvalue weighted by Crippen LogP contribution is -2.23. The van der Waals surface area contributed by atoms with Crippen LogP contribution < -0.4 is 14.8 Å². The lowest BCUT2D eigenvalue weighted by molar-refractivity contribution is -0.120. The average molecular weight is 261 g/mol. The van der Waals surface area contributed by atoms with Gasteiger partial charge < -0.3 is 14.8 Å². The molecule has 0 saturated carbocycles. The van der Waals surface area contributed by atoms with Gasteiger partial charge in [0.05, 0.1) is 14.2 Å². The highest BCUT2D eigenvalue weighted by molar-refractivity contribution is 5.93. The molecule has 1 atom stereocenters. The molecule has 0 heterocycles. The molecule has 1 aliphatic carbocycles. The number of hydrogen-bond acceptors (Lipinski definition) is 3. The van der Waals surface area contributed by atoms with Gasteiger partial charge in [-0.25, -0.2) is 0 Å². The summed E-state index contributed by atoms with van der Waals surface area (Å²) >= 11 is 0. The van der Waals surface area contributed by atoms with Crippen LogP contribution in [0, 0.1) is 5.92 Å². The summed E-state index contributed by atoms with van der Waals surface area (Å²) < 4.78 is 10.4. The Bertz CT molecular complexity index is 482. The molecule has 0 radical (unpaired) electrons. The van der Waals surface area contributed by atoms with Gasteiger partial charge in [0.1, 0.15) is 0 Å². The Morgan fingerprint density at radius 1 is 1.21 bits per heavy atom. The molecule has 4 nitrogen and oxygen atoms in total. The van der Waals surface area contributed by atoms with Crippen molar-refractivity contribution in [2.45, 2.75) is 19.3 Å². The third kappa shape index (κ3) is 3.28. The second-order valence-corrected chi connectivity index (χ2v) is 4.54. The fourth-order valence-corrected chi connectivity index (χ4v) is 2.19. The average Bonchev–Trinajstić information content (AvgIpc) is 2.48. The summed E-state index contributed by atoms with van der Waals surface area (Å²) in [5, 5.41) is 2.93. The summed E-state index contributed by atoms with van der Waals surface area (Å²) in [4.78, 5) is 12.1. The number of methoxy groups -OCH3 is 2. The van der Waals surface area contributed by atoms with Gasteiger partial charge in [0, 0.05) is 17.7 Å². The van der Waals surface area contributed by atoms with Crippen molar-refractivity contribution in [1.82, 2.24) is 0 Å². The maximum atomic E-state index is 12.1. The van der Waals surface area contributed by atoms with Gasteiger partial charge in [0.2, 0.25) is 5.91 Å². The molecule has 1 N–H and O–H groups in total. The van der Waals surface area contributed by atoms with Crippen molar-refractivity contribution in [2.24, 2.45) is 5.92 Å². The minimum atomic E-state index is 0.0663. The molecule has 102 valence electrons. The number of ether oxygens (including phenoxy) is 2. The zero-order valence-corrected chi connectivity index (χ0v) is 11.3. The van der Waals surface area contributed by atoms with Crippen LogP contribution in [0.4, 0.5) is 5.69 Å². The standard InChI is InChI=1S/C15H19NO3/c1-18-13-9-8-12(10-14(13)19-2)16-15(17)11-6-4-3-5-7-11/h3-4,8-11H,5-7H2,1-2H3,(H,16,17)/t11-/m1/s1. The van der Waals surface area contributed by atoms with Crippen molar-refractivity contribution in [3.63, 3.8) is 0 Å². The van der Waals surface area contributed by atoms with E-state index in [4.69, 9.17) is 9.47 Å². The van der Waals surface area contributed by atoms with E-state index in [0.29, 0.717) is 11.5 Å². The quantitative estimate of drug-likeness (QED) is 0.847. The van der Waals surface area contributed by atoms with Crippen molar-refractivity contribution in [3.05, 3.63) is 30.4 Å². The fourth-order valence-electron chi connectivity index (χ4n) is 2.19. The molecule has 4 heteroatoms. The Balaban J connectivity index is 2.06. The summed E-state index contributed by atoms with van der Waals surface area (Å²) in [6.45, 7) is 0. The molecular weight excluding hydrogens is 242 g/mol. The van der Waals surface area contributed by atoms with E-state index in [9.17, 15) is 4.79 Å². The fraction of sp³-hybridized carbons (Fsp3) is 0.400. The maximum Gasteiger partial charge on any atom is 0.227 e. The lowest BCUT2D eigenvalue weighted by atomic mass is 9.93. The number of carbonyl (C=O) groups is 1. The van der Waals surface area contributed by atoms with Gasteiger partial charge in [-0.15, -0.1) is 0 Å². The number of hydrogen-bond donors (Lipinski definition) is 1. The first-order valence-electron chi connectivity index (χ1n) is 6.42. The van der Waals surface area contributed by atoms with E-state index in [-0.39, 0.29) is 11.8 Å². The topological polar surface area (TPSA) is 47.6 Å². The van der Waals surface area contributed by atoms with Crippen LogP contribution in [0.15, 0.2) is 30.4 Å². The van der Waals surface area contributed by atoms with Crippen LogP contribution in [0.3, 0.4) is 0 Å². The second-order valence-electron chi connectivity index (χ2n) is 4.54. The SMILES string of the molecule is COc1ccc(NC(=O)[C@@H]2CC=CCC2)cc1OC. The molecule has 1 aromatic rings. The second kappa shape index (κ2) is 6.27. The highest BCUT2D eigenvalue weighted by Crippen LogP contribution is 2.30. The van der Waals surface area contributed by atoms with Crippen LogP contribution in [0.5, 0.6) is 11.5 Å². The molecule has 0 fully saturated rings. The molecule has 0 aromatic heterocycles. The van der Waals surface area contributed by atoms with Crippen LogP contribution in [0.1, 0.15) is 19.3 Å². The Kier molecular flexibility index (Phi) is 4.44. The van der Waals surface area contributed by atoms with Gasteiger partial charge in [0.15, 0.2) is 11.5 Å². The first-order valence-corrected chi connectivity index (χ1v) is 6.42. The molecule has 2 rings (SSSR count).